The third-order valence-corrected chi connectivity index (χ3v) is 2.85. The van der Waals surface area contributed by atoms with Gasteiger partial charge in [0.2, 0.25) is 0 Å². The van der Waals surface area contributed by atoms with Crippen LogP contribution in [0.15, 0.2) is 46.6 Å². The molecule has 0 radical (unpaired) electrons. The van der Waals surface area contributed by atoms with Crippen LogP contribution in [0.5, 0.6) is 5.75 Å². The molecule has 1 aromatic carbocycles. The van der Waals surface area contributed by atoms with E-state index in [1.807, 2.05) is 24.3 Å². The maximum Gasteiger partial charge on any atom is 0.127 e. The smallest absolute Gasteiger partial charge is 0.127 e. The molecule has 2 N–H and O–H groups in total. The number of nitrogen functional groups attached to an aromatic ring is 1. The molecule has 0 spiro atoms. The third kappa shape index (κ3) is 2.64. The molecule has 4 nitrogen and oxygen atoms in total. The van der Waals surface area contributed by atoms with Crippen molar-refractivity contribution in [2.75, 3.05) is 12.8 Å². The summed E-state index contributed by atoms with van der Waals surface area (Å²) in [5.41, 5.74) is 5.58. The Morgan fingerprint density at radius 2 is 2.12 bits per heavy atom. The van der Waals surface area contributed by atoms with E-state index in [0.29, 0.717) is 5.82 Å². The highest BCUT2D eigenvalue weighted by atomic mass is 32.2. The largest absolute Gasteiger partial charge is 0.497 e. The molecule has 5 heteroatoms. The van der Waals surface area contributed by atoms with Crippen molar-refractivity contribution in [3.8, 4) is 5.75 Å². The molecule has 0 atom stereocenters. The Labute approximate surface area is 97.9 Å². The highest BCUT2D eigenvalue weighted by Crippen LogP contribution is 2.28. The van der Waals surface area contributed by atoms with Gasteiger partial charge in [-0.05, 0) is 18.2 Å². The van der Waals surface area contributed by atoms with E-state index >= 15 is 0 Å². The first kappa shape index (κ1) is 10.8. The minimum atomic E-state index is 0.473. The Bertz CT molecular complexity index is 490. The molecule has 82 valence electrons. The summed E-state index contributed by atoms with van der Waals surface area (Å²) >= 11 is 1.52. The molecule has 1 heterocycles. The van der Waals surface area contributed by atoms with Gasteiger partial charge in [-0.25, -0.2) is 9.97 Å². The third-order valence-electron chi connectivity index (χ3n) is 1.93. The van der Waals surface area contributed by atoms with Crippen molar-refractivity contribution in [2.24, 2.45) is 0 Å². The molecule has 0 bridgehead atoms. The maximum atomic E-state index is 5.58. The number of hydrogen-bond donors (Lipinski definition) is 1. The number of aromatic nitrogens is 2. The predicted octanol–water partition coefficient (Wildman–Crippen LogP) is 2.22. The second kappa shape index (κ2) is 4.85. The Morgan fingerprint density at radius 1 is 1.25 bits per heavy atom. The summed E-state index contributed by atoms with van der Waals surface area (Å²) in [6, 6.07) is 9.52. The van der Waals surface area contributed by atoms with E-state index < -0.39 is 0 Å². The van der Waals surface area contributed by atoms with Crippen molar-refractivity contribution in [2.45, 2.75) is 9.92 Å². The number of anilines is 1. The normalized spacial score (nSPS) is 10.1. The lowest BCUT2D eigenvalue weighted by atomic mass is 10.3. The van der Waals surface area contributed by atoms with Crippen LogP contribution in [0.2, 0.25) is 0 Å². The number of rotatable bonds is 3. The molecule has 0 aliphatic carbocycles. The lowest BCUT2D eigenvalue weighted by molar-refractivity contribution is 0.413. The van der Waals surface area contributed by atoms with E-state index in [1.54, 1.807) is 13.2 Å². The van der Waals surface area contributed by atoms with Gasteiger partial charge in [-0.3, -0.25) is 0 Å². The van der Waals surface area contributed by atoms with Gasteiger partial charge in [-0.15, -0.1) is 0 Å². The zero-order valence-electron chi connectivity index (χ0n) is 8.75. The average molecular weight is 233 g/mol. The lowest BCUT2D eigenvalue weighted by Gasteiger charge is -2.03. The monoisotopic (exact) mass is 233 g/mol. The minimum Gasteiger partial charge on any atom is -0.497 e. The summed E-state index contributed by atoms with van der Waals surface area (Å²) in [7, 11) is 1.65. The van der Waals surface area contributed by atoms with E-state index in [1.165, 1.54) is 18.1 Å². The van der Waals surface area contributed by atoms with Gasteiger partial charge >= 0.3 is 0 Å². The summed E-state index contributed by atoms with van der Waals surface area (Å²) in [5.74, 6) is 1.30. The zero-order chi connectivity index (χ0) is 11.4. The van der Waals surface area contributed by atoms with Gasteiger partial charge in [0.25, 0.3) is 0 Å². The van der Waals surface area contributed by atoms with E-state index in [2.05, 4.69) is 9.97 Å². The molecule has 0 saturated carbocycles. The van der Waals surface area contributed by atoms with Gasteiger partial charge in [0.1, 0.15) is 22.9 Å². The number of nitrogens with zero attached hydrogens (tertiary/aromatic N) is 2. The number of nitrogens with two attached hydrogens (primary N) is 1. The van der Waals surface area contributed by atoms with E-state index in [9.17, 15) is 0 Å². The Hall–Kier alpha value is -1.75. The molecule has 0 unspecified atom stereocenters. The number of hydrogen-bond acceptors (Lipinski definition) is 5. The fourth-order valence-corrected chi connectivity index (χ4v) is 2.04. The molecular formula is C11H11N3OS. The minimum absolute atomic E-state index is 0.473. The van der Waals surface area contributed by atoms with Gasteiger partial charge in [0.05, 0.1) is 7.11 Å². The second-order valence-electron chi connectivity index (χ2n) is 3.06. The van der Waals surface area contributed by atoms with E-state index in [0.717, 1.165) is 15.7 Å². The molecular weight excluding hydrogens is 222 g/mol. The zero-order valence-corrected chi connectivity index (χ0v) is 9.57. The topological polar surface area (TPSA) is 61.0 Å². The molecule has 2 aromatic rings. The standard InChI is InChI=1S/C11H11N3OS/c1-15-8-3-2-4-9(5-8)16-11-6-10(12)13-7-14-11/h2-7H,1H3,(H2,12,13,14). The van der Waals surface area contributed by atoms with Crippen LogP contribution < -0.4 is 10.5 Å². The fourth-order valence-electron chi connectivity index (χ4n) is 1.19. The Balaban J connectivity index is 2.20. The van der Waals surface area contributed by atoms with Crippen LogP contribution in [0.3, 0.4) is 0 Å². The first-order valence-corrected chi connectivity index (χ1v) is 5.49. The molecule has 1 aromatic heterocycles. The van der Waals surface area contributed by atoms with Crippen LogP contribution in [-0.2, 0) is 0 Å². The number of methoxy groups -OCH3 is 1. The fraction of sp³-hybridized carbons (Fsp3) is 0.0909. The van der Waals surface area contributed by atoms with Crippen LogP contribution in [0.25, 0.3) is 0 Å². The van der Waals surface area contributed by atoms with Crippen LogP contribution in [0.1, 0.15) is 0 Å². The van der Waals surface area contributed by atoms with Crippen LogP contribution >= 0.6 is 11.8 Å². The summed E-state index contributed by atoms with van der Waals surface area (Å²) in [4.78, 5) is 9.02. The van der Waals surface area contributed by atoms with Gasteiger partial charge in [-0.2, -0.15) is 0 Å². The molecule has 16 heavy (non-hydrogen) atoms. The average Bonchev–Trinajstić information content (AvgIpc) is 2.29. The van der Waals surface area contributed by atoms with Gasteiger partial charge < -0.3 is 10.5 Å². The SMILES string of the molecule is COc1cccc(Sc2cc(N)ncn2)c1. The number of benzene rings is 1. The van der Waals surface area contributed by atoms with Gasteiger partial charge in [0.15, 0.2) is 0 Å². The van der Waals surface area contributed by atoms with Crippen molar-refractivity contribution in [3.63, 3.8) is 0 Å². The predicted molar refractivity (Wildman–Crippen MR) is 63.6 cm³/mol. The van der Waals surface area contributed by atoms with Crippen molar-refractivity contribution in [1.29, 1.82) is 0 Å². The highest BCUT2D eigenvalue weighted by molar-refractivity contribution is 7.99. The lowest BCUT2D eigenvalue weighted by Crippen LogP contribution is -1.91. The first-order valence-electron chi connectivity index (χ1n) is 4.67. The summed E-state index contributed by atoms with van der Waals surface area (Å²) in [5, 5.41) is 0.820. The quantitative estimate of drug-likeness (QED) is 0.824. The van der Waals surface area contributed by atoms with Crippen LogP contribution in [-0.4, -0.2) is 17.1 Å². The molecule has 0 aliphatic rings. The molecule has 0 saturated heterocycles. The second-order valence-corrected chi connectivity index (χ2v) is 4.16. The Morgan fingerprint density at radius 3 is 2.88 bits per heavy atom. The Kier molecular flexibility index (Phi) is 3.26. The van der Waals surface area contributed by atoms with Crippen molar-refractivity contribution in [3.05, 3.63) is 36.7 Å². The first-order chi connectivity index (χ1) is 7.78. The van der Waals surface area contributed by atoms with E-state index in [4.69, 9.17) is 10.5 Å². The van der Waals surface area contributed by atoms with Gasteiger partial charge in [0, 0.05) is 11.0 Å². The summed E-state index contributed by atoms with van der Waals surface area (Å²) < 4.78 is 5.15. The molecule has 2 rings (SSSR count). The number of ether oxygens (including phenoxy) is 1. The maximum absolute atomic E-state index is 5.58. The molecule has 0 aliphatic heterocycles. The van der Waals surface area contributed by atoms with Crippen molar-refractivity contribution >= 4 is 17.6 Å². The van der Waals surface area contributed by atoms with Crippen molar-refractivity contribution < 1.29 is 4.74 Å². The van der Waals surface area contributed by atoms with E-state index in [-0.39, 0.29) is 0 Å². The van der Waals surface area contributed by atoms with Crippen LogP contribution in [0.4, 0.5) is 5.82 Å². The highest BCUT2D eigenvalue weighted by Gasteiger charge is 2.01. The van der Waals surface area contributed by atoms with Gasteiger partial charge in [-0.1, -0.05) is 17.8 Å². The van der Waals surface area contributed by atoms with Crippen LogP contribution in [0, 0.1) is 0 Å². The molecule has 0 amide bonds. The molecule has 0 fully saturated rings. The van der Waals surface area contributed by atoms with Crippen molar-refractivity contribution in [1.82, 2.24) is 9.97 Å². The summed E-state index contributed by atoms with van der Waals surface area (Å²) in [6.45, 7) is 0. The summed E-state index contributed by atoms with van der Waals surface area (Å²) in [6.07, 6.45) is 1.46.